The first kappa shape index (κ1) is 22.1. The molecule has 2 aromatic rings. The van der Waals surface area contributed by atoms with Crippen LogP contribution in [0.3, 0.4) is 0 Å². The van der Waals surface area contributed by atoms with E-state index in [1.54, 1.807) is 49.4 Å². The van der Waals surface area contributed by atoms with Crippen molar-refractivity contribution in [2.75, 3.05) is 24.3 Å². The van der Waals surface area contributed by atoms with Crippen molar-refractivity contribution >= 4 is 29.0 Å². The molecule has 29 heavy (non-hydrogen) atoms. The minimum absolute atomic E-state index is 0.112. The zero-order chi connectivity index (χ0) is 21.8. The van der Waals surface area contributed by atoms with Crippen LogP contribution in [0.1, 0.15) is 48.4 Å². The number of ether oxygens (including phenoxy) is 1. The number of rotatable bonds is 6. The SMILES string of the molecule is CC(OC(=O)c1cccc(N(C)C)c1)C(=O)c1ccc(NC(=O)C(C)(C)C)cc1. The third-order valence-electron chi connectivity index (χ3n) is 4.36. The summed E-state index contributed by atoms with van der Waals surface area (Å²) in [5.74, 6) is -0.974. The fourth-order valence-electron chi connectivity index (χ4n) is 2.46. The molecule has 1 amide bonds. The topological polar surface area (TPSA) is 75.7 Å². The maximum absolute atomic E-state index is 12.6. The predicted molar refractivity (Wildman–Crippen MR) is 115 cm³/mol. The van der Waals surface area contributed by atoms with Gasteiger partial charge in [0.25, 0.3) is 0 Å². The molecule has 0 bridgehead atoms. The van der Waals surface area contributed by atoms with E-state index in [9.17, 15) is 14.4 Å². The monoisotopic (exact) mass is 396 g/mol. The fraction of sp³-hybridized carbons (Fsp3) is 0.348. The molecule has 0 aliphatic heterocycles. The number of ketones is 1. The molecule has 0 aliphatic carbocycles. The molecule has 2 rings (SSSR count). The third-order valence-corrected chi connectivity index (χ3v) is 4.36. The molecular weight excluding hydrogens is 368 g/mol. The second kappa shape index (κ2) is 8.90. The van der Waals surface area contributed by atoms with Gasteiger partial charge in [-0.2, -0.15) is 0 Å². The minimum Gasteiger partial charge on any atom is -0.451 e. The van der Waals surface area contributed by atoms with Crippen molar-refractivity contribution < 1.29 is 19.1 Å². The van der Waals surface area contributed by atoms with Crippen molar-refractivity contribution in [1.29, 1.82) is 0 Å². The molecule has 2 aromatic carbocycles. The summed E-state index contributed by atoms with van der Waals surface area (Å²) in [6.45, 7) is 7.02. The summed E-state index contributed by atoms with van der Waals surface area (Å²) >= 11 is 0. The van der Waals surface area contributed by atoms with Gasteiger partial charge in [0.15, 0.2) is 6.10 Å². The Bertz CT molecular complexity index is 896. The number of Topliss-reactive ketones (excluding diaryl/α,β-unsaturated/α-hetero) is 1. The summed E-state index contributed by atoms with van der Waals surface area (Å²) in [7, 11) is 3.76. The van der Waals surface area contributed by atoms with Crippen molar-refractivity contribution in [3.63, 3.8) is 0 Å². The van der Waals surface area contributed by atoms with Crippen LogP contribution >= 0.6 is 0 Å². The molecule has 0 aliphatic rings. The number of carbonyl (C=O) groups is 3. The average molecular weight is 396 g/mol. The van der Waals surface area contributed by atoms with Gasteiger partial charge in [0.1, 0.15) is 0 Å². The molecular formula is C23H28N2O4. The molecule has 0 heterocycles. The number of carbonyl (C=O) groups excluding carboxylic acids is 3. The van der Waals surface area contributed by atoms with Gasteiger partial charge in [0.05, 0.1) is 5.56 Å². The Kier molecular flexibility index (Phi) is 6.80. The smallest absolute Gasteiger partial charge is 0.338 e. The molecule has 0 fully saturated rings. The molecule has 0 saturated carbocycles. The minimum atomic E-state index is -0.930. The molecule has 0 radical (unpaired) electrons. The maximum atomic E-state index is 12.6. The number of benzene rings is 2. The number of esters is 1. The van der Waals surface area contributed by atoms with E-state index in [2.05, 4.69) is 5.32 Å². The van der Waals surface area contributed by atoms with Gasteiger partial charge in [-0.3, -0.25) is 9.59 Å². The van der Waals surface area contributed by atoms with Crippen molar-refractivity contribution in [3.8, 4) is 0 Å². The Morgan fingerprint density at radius 3 is 2.14 bits per heavy atom. The van der Waals surface area contributed by atoms with Crippen LogP contribution in [0.5, 0.6) is 0 Å². The Morgan fingerprint density at radius 1 is 0.966 bits per heavy atom. The largest absolute Gasteiger partial charge is 0.451 e. The number of hydrogen-bond donors (Lipinski definition) is 1. The predicted octanol–water partition coefficient (Wildman–Crippen LogP) is 4.17. The Balaban J connectivity index is 2.03. The first-order valence-corrected chi connectivity index (χ1v) is 9.43. The van der Waals surface area contributed by atoms with Crippen LogP contribution in [0.4, 0.5) is 11.4 Å². The molecule has 1 atom stereocenters. The Labute approximate surface area is 171 Å². The molecule has 6 nitrogen and oxygen atoms in total. The lowest BCUT2D eigenvalue weighted by Crippen LogP contribution is -2.27. The molecule has 1 unspecified atom stereocenters. The van der Waals surface area contributed by atoms with E-state index in [1.165, 1.54) is 0 Å². The van der Waals surface area contributed by atoms with Gasteiger partial charge in [0.2, 0.25) is 11.7 Å². The standard InChI is InChI=1S/C23H28N2O4/c1-15(29-21(27)17-8-7-9-19(14-17)25(5)6)20(26)16-10-12-18(13-11-16)24-22(28)23(2,3)4/h7-15H,1-6H3,(H,24,28). The van der Waals surface area contributed by atoms with E-state index in [0.717, 1.165) is 5.69 Å². The summed E-state index contributed by atoms with van der Waals surface area (Å²) in [6.07, 6.45) is -0.930. The van der Waals surface area contributed by atoms with Crippen molar-refractivity contribution in [1.82, 2.24) is 0 Å². The summed E-state index contributed by atoms with van der Waals surface area (Å²) in [4.78, 5) is 38.9. The van der Waals surface area contributed by atoms with Crippen molar-refractivity contribution in [2.45, 2.75) is 33.8 Å². The van der Waals surface area contributed by atoms with Gasteiger partial charge in [-0.15, -0.1) is 0 Å². The van der Waals surface area contributed by atoms with Crippen molar-refractivity contribution in [3.05, 3.63) is 59.7 Å². The lowest BCUT2D eigenvalue weighted by Gasteiger charge is -2.18. The van der Waals surface area contributed by atoms with Gasteiger partial charge < -0.3 is 15.0 Å². The summed E-state index contributed by atoms with van der Waals surface area (Å²) in [6, 6.07) is 13.5. The van der Waals surface area contributed by atoms with Crippen LogP contribution in [0.25, 0.3) is 0 Å². The van der Waals surface area contributed by atoms with E-state index in [-0.39, 0.29) is 11.7 Å². The third kappa shape index (κ3) is 5.91. The van der Waals surface area contributed by atoms with E-state index >= 15 is 0 Å². The zero-order valence-corrected chi connectivity index (χ0v) is 17.8. The summed E-state index contributed by atoms with van der Waals surface area (Å²) in [5, 5.41) is 2.81. The highest BCUT2D eigenvalue weighted by Gasteiger charge is 2.23. The van der Waals surface area contributed by atoms with E-state index in [4.69, 9.17) is 4.74 Å². The van der Waals surface area contributed by atoms with Gasteiger partial charge in [0, 0.05) is 36.4 Å². The summed E-state index contributed by atoms with van der Waals surface area (Å²) in [5.41, 5.74) is 1.75. The highest BCUT2D eigenvalue weighted by molar-refractivity contribution is 6.02. The first-order chi connectivity index (χ1) is 13.5. The van der Waals surface area contributed by atoms with Crippen LogP contribution in [-0.2, 0) is 9.53 Å². The Morgan fingerprint density at radius 2 is 1.59 bits per heavy atom. The highest BCUT2D eigenvalue weighted by atomic mass is 16.5. The van der Waals surface area contributed by atoms with Crippen LogP contribution in [0, 0.1) is 5.41 Å². The molecule has 0 spiro atoms. The maximum Gasteiger partial charge on any atom is 0.338 e. The lowest BCUT2D eigenvalue weighted by molar-refractivity contribution is -0.123. The van der Waals surface area contributed by atoms with Gasteiger partial charge in [-0.05, 0) is 49.4 Å². The number of nitrogens with zero attached hydrogens (tertiary/aromatic N) is 1. The van der Waals surface area contributed by atoms with E-state index in [0.29, 0.717) is 16.8 Å². The van der Waals surface area contributed by atoms with Crippen LogP contribution < -0.4 is 10.2 Å². The van der Waals surface area contributed by atoms with Gasteiger partial charge in [-0.1, -0.05) is 26.8 Å². The fourth-order valence-corrected chi connectivity index (χ4v) is 2.46. The van der Waals surface area contributed by atoms with Crippen LogP contribution in [-0.4, -0.2) is 37.9 Å². The number of nitrogens with one attached hydrogen (secondary N) is 1. The van der Waals surface area contributed by atoms with Gasteiger partial charge in [-0.25, -0.2) is 4.79 Å². The van der Waals surface area contributed by atoms with E-state index < -0.39 is 17.5 Å². The number of hydrogen-bond acceptors (Lipinski definition) is 5. The molecule has 0 saturated heterocycles. The first-order valence-electron chi connectivity index (χ1n) is 9.43. The van der Waals surface area contributed by atoms with Crippen LogP contribution in [0.2, 0.25) is 0 Å². The normalized spacial score (nSPS) is 12.1. The Hall–Kier alpha value is -3.15. The lowest BCUT2D eigenvalue weighted by atomic mass is 9.95. The number of amides is 1. The quantitative estimate of drug-likeness (QED) is 0.586. The molecule has 1 N–H and O–H groups in total. The van der Waals surface area contributed by atoms with E-state index in [1.807, 2.05) is 45.8 Å². The average Bonchev–Trinajstić information content (AvgIpc) is 2.67. The van der Waals surface area contributed by atoms with Gasteiger partial charge >= 0.3 is 5.97 Å². The van der Waals surface area contributed by atoms with Crippen LogP contribution in [0.15, 0.2) is 48.5 Å². The molecule has 0 aromatic heterocycles. The zero-order valence-electron chi connectivity index (χ0n) is 17.8. The van der Waals surface area contributed by atoms with Crippen molar-refractivity contribution in [2.24, 2.45) is 5.41 Å². The highest BCUT2D eigenvalue weighted by Crippen LogP contribution is 2.19. The summed E-state index contributed by atoms with van der Waals surface area (Å²) < 4.78 is 5.35. The molecule has 154 valence electrons. The second-order valence-corrected chi connectivity index (χ2v) is 8.14. The second-order valence-electron chi connectivity index (χ2n) is 8.14. The molecule has 6 heteroatoms. The number of anilines is 2.